The van der Waals surface area contributed by atoms with Crippen molar-refractivity contribution in [1.82, 2.24) is 9.21 Å². The summed E-state index contributed by atoms with van der Waals surface area (Å²) in [5.41, 5.74) is 0. The Labute approximate surface area is 96.7 Å². The number of hydrogen-bond acceptors (Lipinski definition) is 3. The molecule has 0 saturated carbocycles. The second kappa shape index (κ2) is 5.04. The van der Waals surface area contributed by atoms with E-state index in [2.05, 4.69) is 6.92 Å². The fraction of sp³-hybridized carbons (Fsp3) is 0.714. The summed E-state index contributed by atoms with van der Waals surface area (Å²) in [6.07, 6.45) is 5.66. The number of halogens is 1. The van der Waals surface area contributed by atoms with Crippen molar-refractivity contribution in [3.05, 3.63) is 12.4 Å². The fourth-order valence-corrected chi connectivity index (χ4v) is 1.72. The van der Waals surface area contributed by atoms with Crippen LogP contribution in [0.4, 0.5) is 0 Å². The lowest BCUT2D eigenvalue weighted by Crippen LogP contribution is -2.29. The number of rotatable bonds is 3. The lowest BCUT2D eigenvalue weighted by molar-refractivity contribution is 0.334. The van der Waals surface area contributed by atoms with Gasteiger partial charge in [-0.2, -0.15) is 0 Å². The van der Waals surface area contributed by atoms with E-state index < -0.39 is 10.0 Å². The van der Waals surface area contributed by atoms with Crippen LogP contribution >= 0.6 is 24.0 Å². The molecule has 0 aliphatic carbocycles. The summed E-state index contributed by atoms with van der Waals surface area (Å²) >= 11 is 0. The van der Waals surface area contributed by atoms with Crippen molar-refractivity contribution in [2.75, 3.05) is 19.5 Å². The van der Waals surface area contributed by atoms with Crippen molar-refractivity contribution in [2.45, 2.75) is 13.3 Å². The monoisotopic (exact) mass is 318 g/mol. The molecule has 0 fully saturated rings. The molecule has 1 heterocycles. The Kier molecular flexibility index (Phi) is 5.05. The molecular weight excluding hydrogens is 303 g/mol. The Hall–Kier alpha value is 0.0200. The van der Waals surface area contributed by atoms with E-state index in [0.29, 0.717) is 6.67 Å². The maximum absolute atomic E-state index is 11.0. The Balaban J connectivity index is 0.00000144. The average Bonchev–Trinajstić information content (AvgIpc) is 2.35. The highest BCUT2D eigenvalue weighted by Crippen LogP contribution is 2.10. The number of hydrogen-bond donors (Lipinski definition) is 0. The predicted octanol–water partition coefficient (Wildman–Crippen LogP) is 1.02. The van der Waals surface area contributed by atoms with Crippen molar-refractivity contribution < 1.29 is 8.42 Å². The first kappa shape index (κ1) is 13.0. The van der Waals surface area contributed by atoms with Crippen molar-refractivity contribution in [1.29, 1.82) is 0 Å². The van der Waals surface area contributed by atoms with Gasteiger partial charge in [0.05, 0.1) is 6.26 Å². The van der Waals surface area contributed by atoms with Gasteiger partial charge in [0.15, 0.2) is 0 Å². The molecule has 0 spiro atoms. The van der Waals surface area contributed by atoms with Gasteiger partial charge in [0.25, 0.3) is 0 Å². The molecule has 0 aromatic rings. The van der Waals surface area contributed by atoms with Crippen molar-refractivity contribution in [3.8, 4) is 0 Å². The van der Waals surface area contributed by atoms with E-state index >= 15 is 0 Å². The van der Waals surface area contributed by atoms with Gasteiger partial charge in [-0.05, 0) is 6.42 Å². The van der Waals surface area contributed by atoms with Crippen molar-refractivity contribution in [3.63, 3.8) is 0 Å². The molecule has 13 heavy (non-hydrogen) atoms. The van der Waals surface area contributed by atoms with Crippen LogP contribution in [0.25, 0.3) is 0 Å². The number of nitrogens with zero attached hydrogens (tertiary/aromatic N) is 2. The molecular formula is C7H15IN2O2S. The van der Waals surface area contributed by atoms with Crippen LogP contribution in [-0.2, 0) is 10.0 Å². The summed E-state index contributed by atoms with van der Waals surface area (Å²) in [5.74, 6) is 0. The van der Waals surface area contributed by atoms with E-state index in [0.717, 1.165) is 13.0 Å². The normalized spacial score (nSPS) is 16.2. The summed E-state index contributed by atoms with van der Waals surface area (Å²) < 4.78 is 23.4. The van der Waals surface area contributed by atoms with Gasteiger partial charge in [-0.15, -0.1) is 24.0 Å². The Morgan fingerprint density at radius 2 is 2.00 bits per heavy atom. The van der Waals surface area contributed by atoms with E-state index in [-0.39, 0.29) is 24.0 Å². The average molecular weight is 318 g/mol. The van der Waals surface area contributed by atoms with Gasteiger partial charge in [0.1, 0.15) is 6.67 Å². The molecule has 6 heteroatoms. The first-order valence-corrected chi connectivity index (χ1v) is 5.78. The first-order chi connectivity index (χ1) is 5.54. The molecule has 1 aliphatic heterocycles. The van der Waals surface area contributed by atoms with E-state index in [1.165, 1.54) is 10.6 Å². The third-order valence-corrected chi connectivity index (χ3v) is 2.79. The van der Waals surface area contributed by atoms with Gasteiger partial charge in [0.2, 0.25) is 10.0 Å². The molecule has 1 rings (SSSR count). The second-order valence-electron chi connectivity index (χ2n) is 2.90. The molecule has 0 aromatic carbocycles. The molecule has 78 valence electrons. The minimum absolute atomic E-state index is 0. The minimum atomic E-state index is -3.05. The topological polar surface area (TPSA) is 40.6 Å². The predicted molar refractivity (Wildman–Crippen MR) is 63.1 cm³/mol. The van der Waals surface area contributed by atoms with Crippen LogP contribution in [0, 0.1) is 0 Å². The van der Waals surface area contributed by atoms with Gasteiger partial charge in [0, 0.05) is 18.9 Å². The Morgan fingerprint density at radius 1 is 1.38 bits per heavy atom. The van der Waals surface area contributed by atoms with Crippen LogP contribution in [0.5, 0.6) is 0 Å². The molecule has 4 nitrogen and oxygen atoms in total. The molecule has 0 amide bonds. The van der Waals surface area contributed by atoms with E-state index in [9.17, 15) is 8.42 Å². The van der Waals surface area contributed by atoms with E-state index in [4.69, 9.17) is 0 Å². The quantitative estimate of drug-likeness (QED) is 0.730. The highest BCUT2D eigenvalue weighted by Gasteiger charge is 2.18. The van der Waals surface area contributed by atoms with Crippen LogP contribution < -0.4 is 0 Å². The molecule has 0 radical (unpaired) electrons. The van der Waals surface area contributed by atoms with Crippen molar-refractivity contribution >= 4 is 34.0 Å². The molecule has 1 aliphatic rings. The molecule has 0 bridgehead atoms. The summed E-state index contributed by atoms with van der Waals surface area (Å²) in [7, 11) is -3.05. The summed E-state index contributed by atoms with van der Waals surface area (Å²) in [4.78, 5) is 1.97. The third-order valence-electron chi connectivity index (χ3n) is 1.70. The first-order valence-electron chi connectivity index (χ1n) is 3.93. The SMILES string of the molecule is CCCN1C=CN(S(C)(=O)=O)C1.I. The smallest absolute Gasteiger partial charge is 0.233 e. The van der Waals surface area contributed by atoms with Gasteiger partial charge < -0.3 is 4.90 Å². The lowest BCUT2D eigenvalue weighted by Gasteiger charge is -2.18. The zero-order valence-electron chi connectivity index (χ0n) is 7.80. The highest BCUT2D eigenvalue weighted by atomic mass is 127. The van der Waals surface area contributed by atoms with Gasteiger partial charge in [-0.3, -0.25) is 4.31 Å². The maximum Gasteiger partial charge on any atom is 0.233 e. The van der Waals surface area contributed by atoms with Crippen LogP contribution in [0.15, 0.2) is 12.4 Å². The van der Waals surface area contributed by atoms with E-state index in [1.807, 2.05) is 11.1 Å². The standard InChI is InChI=1S/C7H14N2O2S.HI/c1-3-4-8-5-6-9(7-8)12(2,10)11;/h5-6H,3-4,7H2,1-2H3;1H. The summed E-state index contributed by atoms with van der Waals surface area (Å²) in [6, 6.07) is 0. The fourth-order valence-electron chi connectivity index (χ4n) is 1.09. The molecule has 0 N–H and O–H groups in total. The van der Waals surface area contributed by atoms with Crippen LogP contribution in [0.3, 0.4) is 0 Å². The minimum Gasteiger partial charge on any atom is -0.358 e. The van der Waals surface area contributed by atoms with Crippen molar-refractivity contribution in [2.24, 2.45) is 0 Å². The lowest BCUT2D eigenvalue weighted by atomic mass is 10.4. The van der Waals surface area contributed by atoms with Crippen LogP contribution in [-0.4, -0.2) is 37.1 Å². The Bertz CT molecular complexity index is 276. The zero-order valence-corrected chi connectivity index (χ0v) is 11.0. The maximum atomic E-state index is 11.0. The highest BCUT2D eigenvalue weighted by molar-refractivity contribution is 14.0. The molecule has 0 unspecified atom stereocenters. The molecule has 0 aromatic heterocycles. The van der Waals surface area contributed by atoms with Crippen LogP contribution in [0.2, 0.25) is 0 Å². The molecule has 0 atom stereocenters. The van der Waals surface area contributed by atoms with Crippen LogP contribution in [0.1, 0.15) is 13.3 Å². The molecule has 0 saturated heterocycles. The van der Waals surface area contributed by atoms with Gasteiger partial charge in [-0.25, -0.2) is 8.42 Å². The van der Waals surface area contributed by atoms with E-state index in [1.54, 1.807) is 6.20 Å². The summed E-state index contributed by atoms with van der Waals surface area (Å²) in [6.45, 7) is 3.44. The summed E-state index contributed by atoms with van der Waals surface area (Å²) in [5, 5.41) is 0. The van der Waals surface area contributed by atoms with Gasteiger partial charge in [-0.1, -0.05) is 6.92 Å². The Morgan fingerprint density at radius 3 is 2.38 bits per heavy atom. The van der Waals surface area contributed by atoms with Gasteiger partial charge >= 0.3 is 0 Å². The third kappa shape index (κ3) is 3.72. The zero-order chi connectivity index (χ0) is 9.19. The largest absolute Gasteiger partial charge is 0.358 e. The number of sulfonamides is 1. The second-order valence-corrected chi connectivity index (χ2v) is 4.84.